The van der Waals surface area contributed by atoms with Crippen molar-refractivity contribution in [2.75, 3.05) is 5.75 Å². The quantitative estimate of drug-likeness (QED) is 0.732. The number of nitrogens with zero attached hydrogens (tertiary/aromatic N) is 2. The van der Waals surface area contributed by atoms with Gasteiger partial charge in [-0.2, -0.15) is 0 Å². The molecule has 0 bridgehead atoms. The number of amides is 1. The molecule has 0 saturated carbocycles. The Labute approximate surface area is 139 Å². The number of rotatable bonds is 5. The maximum Gasteiger partial charge on any atom is 0.230 e. The van der Waals surface area contributed by atoms with Crippen LogP contribution in [0.5, 0.6) is 0 Å². The number of fused-ring (bicyclic) bond motifs is 1. The van der Waals surface area contributed by atoms with Crippen molar-refractivity contribution >= 4 is 28.7 Å². The first-order valence-corrected chi connectivity index (χ1v) is 8.48. The van der Waals surface area contributed by atoms with Crippen molar-refractivity contribution in [3.8, 4) is 0 Å². The van der Waals surface area contributed by atoms with Gasteiger partial charge in [0.1, 0.15) is 5.82 Å². The van der Waals surface area contributed by atoms with Crippen LogP contribution in [0.3, 0.4) is 0 Å². The standard InChI is InChI=1S/C18H19N3OS/c1-13-7-9-14(10-8-13)23-12-18(22)19-11-17-20-15-5-3-4-6-16(15)21(17)2/h3-10H,11-12H2,1-2H3,(H,19,22). The Balaban J connectivity index is 1.55. The van der Waals surface area contributed by atoms with Crippen molar-refractivity contribution in [2.24, 2.45) is 7.05 Å². The second-order valence-corrected chi connectivity index (χ2v) is 6.50. The van der Waals surface area contributed by atoms with E-state index in [0.717, 1.165) is 21.8 Å². The summed E-state index contributed by atoms with van der Waals surface area (Å²) in [5.74, 6) is 1.29. The molecule has 4 nitrogen and oxygen atoms in total. The highest BCUT2D eigenvalue weighted by atomic mass is 32.2. The van der Waals surface area contributed by atoms with Crippen LogP contribution in [-0.4, -0.2) is 21.2 Å². The molecule has 3 aromatic rings. The van der Waals surface area contributed by atoms with E-state index in [1.807, 2.05) is 48.0 Å². The van der Waals surface area contributed by atoms with E-state index in [4.69, 9.17) is 0 Å². The topological polar surface area (TPSA) is 46.9 Å². The summed E-state index contributed by atoms with van der Waals surface area (Å²) in [6.07, 6.45) is 0. The number of aryl methyl sites for hydroxylation is 2. The Morgan fingerprint density at radius 2 is 1.91 bits per heavy atom. The molecular weight excluding hydrogens is 306 g/mol. The molecule has 1 aromatic heterocycles. The fourth-order valence-corrected chi connectivity index (χ4v) is 3.09. The van der Waals surface area contributed by atoms with Gasteiger partial charge in [-0.1, -0.05) is 29.8 Å². The fourth-order valence-electron chi connectivity index (χ4n) is 2.37. The average Bonchev–Trinajstić information content (AvgIpc) is 2.89. The summed E-state index contributed by atoms with van der Waals surface area (Å²) < 4.78 is 2.02. The maximum atomic E-state index is 12.0. The molecule has 0 aliphatic carbocycles. The highest BCUT2D eigenvalue weighted by molar-refractivity contribution is 8.00. The van der Waals surface area contributed by atoms with Crippen molar-refractivity contribution in [1.29, 1.82) is 0 Å². The molecule has 0 spiro atoms. The molecule has 2 aromatic carbocycles. The maximum absolute atomic E-state index is 12.0. The molecule has 1 heterocycles. The van der Waals surface area contributed by atoms with Crippen LogP contribution in [0.25, 0.3) is 11.0 Å². The van der Waals surface area contributed by atoms with E-state index in [9.17, 15) is 4.79 Å². The molecule has 0 unspecified atom stereocenters. The predicted octanol–water partition coefficient (Wildman–Crippen LogP) is 3.29. The van der Waals surface area contributed by atoms with Crippen molar-refractivity contribution in [3.05, 3.63) is 59.9 Å². The van der Waals surface area contributed by atoms with Crippen LogP contribution < -0.4 is 5.32 Å². The van der Waals surface area contributed by atoms with Crippen molar-refractivity contribution in [1.82, 2.24) is 14.9 Å². The Morgan fingerprint density at radius 3 is 2.65 bits per heavy atom. The van der Waals surface area contributed by atoms with Crippen molar-refractivity contribution < 1.29 is 4.79 Å². The van der Waals surface area contributed by atoms with Gasteiger partial charge in [0.15, 0.2) is 0 Å². The first-order chi connectivity index (χ1) is 11.1. The summed E-state index contributed by atoms with van der Waals surface area (Å²) in [5.41, 5.74) is 3.25. The molecule has 0 fully saturated rings. The number of hydrogen-bond donors (Lipinski definition) is 1. The number of imidazole rings is 1. The molecule has 5 heteroatoms. The Morgan fingerprint density at radius 1 is 1.17 bits per heavy atom. The lowest BCUT2D eigenvalue weighted by atomic mass is 10.2. The average molecular weight is 325 g/mol. The molecule has 3 rings (SSSR count). The van der Waals surface area contributed by atoms with Gasteiger partial charge in [-0.05, 0) is 31.2 Å². The minimum atomic E-state index is 0.0163. The summed E-state index contributed by atoms with van der Waals surface area (Å²) in [5, 5.41) is 2.94. The zero-order valence-corrected chi connectivity index (χ0v) is 14.1. The first kappa shape index (κ1) is 15.6. The largest absolute Gasteiger partial charge is 0.348 e. The van der Waals surface area contributed by atoms with Gasteiger partial charge in [0.25, 0.3) is 0 Å². The minimum Gasteiger partial charge on any atom is -0.348 e. The van der Waals surface area contributed by atoms with Gasteiger partial charge in [0, 0.05) is 11.9 Å². The number of aromatic nitrogens is 2. The van der Waals surface area contributed by atoms with E-state index in [-0.39, 0.29) is 5.91 Å². The molecule has 0 aliphatic rings. The smallest absolute Gasteiger partial charge is 0.230 e. The first-order valence-electron chi connectivity index (χ1n) is 7.50. The van der Waals surface area contributed by atoms with Crippen LogP contribution in [0.2, 0.25) is 0 Å². The van der Waals surface area contributed by atoms with Gasteiger partial charge >= 0.3 is 0 Å². The number of carbonyl (C=O) groups is 1. The molecule has 23 heavy (non-hydrogen) atoms. The third-order valence-electron chi connectivity index (χ3n) is 3.71. The monoisotopic (exact) mass is 325 g/mol. The van der Waals surface area contributed by atoms with E-state index >= 15 is 0 Å². The summed E-state index contributed by atoms with van der Waals surface area (Å²) in [6, 6.07) is 16.2. The lowest BCUT2D eigenvalue weighted by Gasteiger charge is -2.06. The second kappa shape index (κ2) is 6.87. The highest BCUT2D eigenvalue weighted by Crippen LogP contribution is 2.18. The molecule has 0 saturated heterocycles. The van der Waals surface area contributed by atoms with Gasteiger partial charge in [-0.3, -0.25) is 4.79 Å². The number of nitrogens with one attached hydrogen (secondary N) is 1. The summed E-state index contributed by atoms with van der Waals surface area (Å²) in [4.78, 5) is 17.7. The van der Waals surface area contributed by atoms with Crippen LogP contribution in [-0.2, 0) is 18.4 Å². The molecule has 0 atom stereocenters. The Bertz CT molecular complexity index is 824. The zero-order chi connectivity index (χ0) is 16.2. The van der Waals surface area contributed by atoms with Crippen LogP contribution in [0.4, 0.5) is 0 Å². The van der Waals surface area contributed by atoms with Gasteiger partial charge in [0.2, 0.25) is 5.91 Å². The number of thioether (sulfide) groups is 1. The van der Waals surface area contributed by atoms with E-state index in [1.54, 1.807) is 11.8 Å². The van der Waals surface area contributed by atoms with Gasteiger partial charge in [-0.15, -0.1) is 11.8 Å². The van der Waals surface area contributed by atoms with E-state index < -0.39 is 0 Å². The molecule has 1 N–H and O–H groups in total. The van der Waals surface area contributed by atoms with Gasteiger partial charge in [0.05, 0.1) is 23.3 Å². The number of carbonyl (C=O) groups excluding carboxylic acids is 1. The van der Waals surface area contributed by atoms with Crippen LogP contribution >= 0.6 is 11.8 Å². The third kappa shape index (κ3) is 3.74. The lowest BCUT2D eigenvalue weighted by molar-refractivity contribution is -0.118. The predicted molar refractivity (Wildman–Crippen MR) is 94.5 cm³/mol. The van der Waals surface area contributed by atoms with Crippen molar-refractivity contribution in [2.45, 2.75) is 18.4 Å². The molecular formula is C18H19N3OS. The van der Waals surface area contributed by atoms with E-state index in [2.05, 4.69) is 29.4 Å². The van der Waals surface area contributed by atoms with Crippen LogP contribution in [0, 0.1) is 6.92 Å². The molecule has 118 valence electrons. The van der Waals surface area contributed by atoms with Crippen molar-refractivity contribution in [3.63, 3.8) is 0 Å². The van der Waals surface area contributed by atoms with Gasteiger partial charge in [-0.25, -0.2) is 4.98 Å². The SMILES string of the molecule is Cc1ccc(SCC(=O)NCc2nc3ccccc3n2C)cc1. The van der Waals surface area contributed by atoms with E-state index in [0.29, 0.717) is 12.3 Å². The highest BCUT2D eigenvalue weighted by Gasteiger charge is 2.09. The summed E-state index contributed by atoms with van der Waals surface area (Å²) in [6.45, 7) is 2.50. The number of benzene rings is 2. The normalized spacial score (nSPS) is 10.9. The van der Waals surface area contributed by atoms with Crippen LogP contribution in [0.1, 0.15) is 11.4 Å². The third-order valence-corrected chi connectivity index (χ3v) is 4.73. The summed E-state index contributed by atoms with van der Waals surface area (Å²) >= 11 is 1.54. The molecule has 0 aliphatic heterocycles. The van der Waals surface area contributed by atoms with Gasteiger partial charge < -0.3 is 9.88 Å². The minimum absolute atomic E-state index is 0.0163. The lowest BCUT2D eigenvalue weighted by Crippen LogP contribution is -2.26. The Hall–Kier alpha value is -2.27. The number of hydrogen-bond acceptors (Lipinski definition) is 3. The fraction of sp³-hybridized carbons (Fsp3) is 0.222. The Kier molecular flexibility index (Phi) is 4.67. The second-order valence-electron chi connectivity index (χ2n) is 5.45. The molecule has 0 radical (unpaired) electrons. The molecule has 1 amide bonds. The zero-order valence-electron chi connectivity index (χ0n) is 13.2. The van der Waals surface area contributed by atoms with E-state index in [1.165, 1.54) is 5.56 Å². The summed E-state index contributed by atoms with van der Waals surface area (Å²) in [7, 11) is 1.97. The van der Waals surface area contributed by atoms with Crippen LogP contribution in [0.15, 0.2) is 53.4 Å². The number of para-hydroxylation sites is 2.